The number of hydrogen-bond acceptors (Lipinski definition) is 3. The van der Waals surface area contributed by atoms with E-state index in [0.717, 1.165) is 0 Å². The minimum absolute atomic E-state index is 1.77. The maximum absolute atomic E-state index is 6.36. The third kappa shape index (κ3) is 9.75. The van der Waals surface area contributed by atoms with E-state index in [2.05, 4.69) is 71.2 Å². The van der Waals surface area contributed by atoms with Gasteiger partial charge < -0.3 is 12.3 Å². The summed E-state index contributed by atoms with van der Waals surface area (Å²) in [6.07, 6.45) is 0. The Kier molecular flexibility index (Phi) is 6.45. The highest BCUT2D eigenvalue weighted by Gasteiger charge is 2.48. The fraction of sp³-hybridized carbons (Fsp3) is 0.750. The van der Waals surface area contributed by atoms with Gasteiger partial charge in [-0.15, -0.1) is 5.73 Å². The molecule has 7 heteroatoms. The van der Waals surface area contributed by atoms with Crippen LogP contribution in [0.1, 0.15) is 0 Å². The van der Waals surface area contributed by atoms with Crippen molar-refractivity contribution in [2.24, 2.45) is 0 Å². The van der Waals surface area contributed by atoms with Crippen molar-refractivity contribution in [3.8, 4) is 0 Å². The number of rotatable bonds is 7. The molecule has 0 saturated carbocycles. The minimum Gasteiger partial charge on any atom is -0.414 e. The van der Waals surface area contributed by atoms with Gasteiger partial charge in [-0.25, -0.2) is 0 Å². The molecule has 0 aliphatic rings. The van der Waals surface area contributed by atoms with Gasteiger partial charge in [-0.3, -0.25) is 0 Å². The van der Waals surface area contributed by atoms with Crippen molar-refractivity contribution in [1.82, 2.24) is 0 Å². The lowest BCUT2D eigenvalue weighted by molar-refractivity contribution is 0.271. The summed E-state index contributed by atoms with van der Waals surface area (Å²) in [7, 11) is -8.13. The molecule has 0 aliphatic heterocycles. The van der Waals surface area contributed by atoms with Crippen LogP contribution in [0.2, 0.25) is 58.9 Å². The van der Waals surface area contributed by atoms with Gasteiger partial charge in [0.05, 0.1) is 0 Å². The Balaban J connectivity index is 5.54. The van der Waals surface area contributed by atoms with Crippen molar-refractivity contribution >= 4 is 33.8 Å². The first kappa shape index (κ1) is 19.3. The summed E-state index contributed by atoms with van der Waals surface area (Å²) in [4.78, 5) is 0. The Hall–Kier alpha value is 0.268. The van der Waals surface area contributed by atoms with Crippen LogP contribution < -0.4 is 0 Å². The smallest absolute Gasteiger partial charge is 0.414 e. The predicted octanol–water partition coefficient (Wildman–Crippen LogP) is 4.36. The summed E-state index contributed by atoms with van der Waals surface area (Å²) in [5.41, 5.74) is 4.69. The van der Waals surface area contributed by atoms with Gasteiger partial charge in [0.15, 0.2) is 25.0 Å². The van der Waals surface area contributed by atoms with Gasteiger partial charge >= 0.3 is 8.80 Å². The highest BCUT2D eigenvalue weighted by atomic mass is 28.5. The van der Waals surface area contributed by atoms with Crippen LogP contribution in [0.3, 0.4) is 0 Å². The summed E-state index contributed by atoms with van der Waals surface area (Å²) in [6.45, 7) is 23.1. The molecule has 0 fully saturated rings. The Bertz CT molecular complexity index is 303. The van der Waals surface area contributed by atoms with Gasteiger partial charge in [0, 0.05) is 5.70 Å². The molecule has 112 valence electrons. The average molecular weight is 335 g/mol. The van der Waals surface area contributed by atoms with Crippen molar-refractivity contribution in [2.45, 2.75) is 58.9 Å². The van der Waals surface area contributed by atoms with Crippen LogP contribution in [0.15, 0.2) is 18.0 Å². The zero-order chi connectivity index (χ0) is 15.5. The zero-order valence-corrected chi connectivity index (χ0v) is 18.0. The first-order valence-corrected chi connectivity index (χ1v) is 18.7. The molecule has 0 aromatic heterocycles. The summed E-state index contributed by atoms with van der Waals surface area (Å²) >= 11 is 0. The molecule has 3 nitrogen and oxygen atoms in total. The first-order valence-electron chi connectivity index (χ1n) is 6.66. The Morgan fingerprint density at radius 1 is 0.684 bits per heavy atom. The summed E-state index contributed by atoms with van der Waals surface area (Å²) < 4.78 is 19.1. The fourth-order valence-electron chi connectivity index (χ4n) is 1.56. The fourth-order valence-corrected chi connectivity index (χ4v) is 14.4. The number of hydrogen-bond donors (Lipinski definition) is 0. The molecule has 0 saturated heterocycles. The van der Waals surface area contributed by atoms with Crippen LogP contribution in [0.5, 0.6) is 0 Å². The minimum atomic E-state index is -2.82. The Morgan fingerprint density at radius 3 is 1.11 bits per heavy atom. The standard InChI is InChI=1S/C12H30O3Si4/c1-11-12-19(13-16(2,3)4,14-17(5,6)7)15-18(8,9)10/h12H,1H2,2-10H3. The zero-order valence-electron chi connectivity index (χ0n) is 14.0. The Morgan fingerprint density at radius 2 is 0.947 bits per heavy atom. The third-order valence-electron chi connectivity index (χ3n) is 1.62. The molecule has 0 heterocycles. The Labute approximate surface area is 123 Å². The highest BCUT2D eigenvalue weighted by Crippen LogP contribution is 2.26. The van der Waals surface area contributed by atoms with E-state index in [1.807, 2.05) is 5.70 Å². The second-order valence-electron chi connectivity index (χ2n) is 7.60. The molecule has 0 amide bonds. The van der Waals surface area contributed by atoms with E-state index in [-0.39, 0.29) is 0 Å². The van der Waals surface area contributed by atoms with E-state index in [0.29, 0.717) is 0 Å². The predicted molar refractivity (Wildman–Crippen MR) is 92.8 cm³/mol. The van der Waals surface area contributed by atoms with Crippen LogP contribution in [0, 0.1) is 0 Å². The summed E-state index contributed by atoms with van der Waals surface area (Å²) in [5, 5.41) is 0. The quantitative estimate of drug-likeness (QED) is 0.511. The monoisotopic (exact) mass is 334 g/mol. The molecule has 0 bridgehead atoms. The van der Waals surface area contributed by atoms with Gasteiger partial charge in [0.1, 0.15) is 0 Å². The van der Waals surface area contributed by atoms with Crippen molar-refractivity contribution in [1.29, 1.82) is 0 Å². The maximum Gasteiger partial charge on any atom is 0.506 e. The van der Waals surface area contributed by atoms with Crippen LogP contribution in [-0.4, -0.2) is 33.8 Å². The van der Waals surface area contributed by atoms with Crippen molar-refractivity contribution < 1.29 is 12.3 Å². The first-order chi connectivity index (χ1) is 8.18. The lowest BCUT2D eigenvalue weighted by Crippen LogP contribution is -2.59. The molecule has 0 radical (unpaired) electrons. The van der Waals surface area contributed by atoms with E-state index >= 15 is 0 Å². The SMILES string of the molecule is C=C=C[Si](O[Si](C)(C)C)(O[Si](C)(C)C)O[Si](C)(C)C. The molecule has 0 atom stereocenters. The molecule has 0 rings (SSSR count). The third-order valence-corrected chi connectivity index (χ3v) is 12.9. The van der Waals surface area contributed by atoms with E-state index in [9.17, 15) is 0 Å². The van der Waals surface area contributed by atoms with Crippen LogP contribution in [-0.2, 0) is 12.3 Å². The van der Waals surface area contributed by atoms with Crippen molar-refractivity contribution in [3.05, 3.63) is 18.0 Å². The van der Waals surface area contributed by atoms with E-state index in [1.54, 1.807) is 0 Å². The lowest BCUT2D eigenvalue weighted by Gasteiger charge is -2.40. The van der Waals surface area contributed by atoms with Crippen molar-refractivity contribution in [3.63, 3.8) is 0 Å². The summed E-state index contributed by atoms with van der Waals surface area (Å²) in [6, 6.07) is 0. The molecule has 0 aromatic carbocycles. The average Bonchev–Trinajstić information content (AvgIpc) is 1.90. The van der Waals surface area contributed by atoms with E-state index in [4.69, 9.17) is 12.3 Å². The molecular formula is C12H30O3Si4. The lowest BCUT2D eigenvalue weighted by atomic mass is 11.0. The molecule has 0 N–H and O–H groups in total. The van der Waals surface area contributed by atoms with Crippen molar-refractivity contribution in [2.75, 3.05) is 0 Å². The maximum atomic E-state index is 6.36. The topological polar surface area (TPSA) is 27.7 Å². The van der Waals surface area contributed by atoms with Gasteiger partial charge in [0.2, 0.25) is 0 Å². The van der Waals surface area contributed by atoms with Gasteiger partial charge in [-0.05, 0) is 58.9 Å². The molecule has 19 heavy (non-hydrogen) atoms. The highest BCUT2D eigenvalue weighted by molar-refractivity contribution is 6.91. The second-order valence-corrected chi connectivity index (χ2v) is 24.2. The molecule has 0 spiro atoms. The van der Waals surface area contributed by atoms with Gasteiger partial charge in [-0.1, -0.05) is 6.58 Å². The second kappa shape index (κ2) is 6.36. The molecule has 0 aliphatic carbocycles. The van der Waals surface area contributed by atoms with E-state index in [1.165, 1.54) is 0 Å². The normalized spacial score (nSPS) is 14.2. The van der Waals surface area contributed by atoms with Crippen LogP contribution in [0.4, 0.5) is 0 Å². The van der Waals surface area contributed by atoms with Gasteiger partial charge in [-0.2, -0.15) is 0 Å². The van der Waals surface area contributed by atoms with Gasteiger partial charge in [0.25, 0.3) is 0 Å². The summed E-state index contributed by atoms with van der Waals surface area (Å²) in [5.74, 6) is 0. The molecule has 0 aromatic rings. The van der Waals surface area contributed by atoms with Crippen LogP contribution in [0.25, 0.3) is 0 Å². The van der Waals surface area contributed by atoms with E-state index < -0.39 is 33.8 Å². The van der Waals surface area contributed by atoms with Crippen LogP contribution >= 0.6 is 0 Å². The largest absolute Gasteiger partial charge is 0.506 e. The molecular weight excluding hydrogens is 304 g/mol. The molecule has 0 unspecified atom stereocenters.